The second-order valence-corrected chi connectivity index (χ2v) is 4.87. The van der Waals surface area contributed by atoms with Gasteiger partial charge in [-0.05, 0) is 30.2 Å². The number of piperazine rings is 1. The summed E-state index contributed by atoms with van der Waals surface area (Å²) >= 11 is 3.42. The molecule has 90 valence electrons. The van der Waals surface area contributed by atoms with Crippen LogP contribution in [0.25, 0.3) is 0 Å². The fraction of sp³-hybridized carbons (Fsp3) is 0.333. The lowest BCUT2D eigenvalue weighted by molar-refractivity contribution is -0.130. The van der Waals surface area contributed by atoms with Gasteiger partial charge in [-0.3, -0.25) is 14.9 Å². The Balaban J connectivity index is 2.32. The van der Waals surface area contributed by atoms with Crippen LogP contribution >= 0.6 is 15.9 Å². The van der Waals surface area contributed by atoms with Gasteiger partial charge in [0.25, 0.3) is 0 Å². The quantitative estimate of drug-likeness (QED) is 0.841. The highest BCUT2D eigenvalue weighted by molar-refractivity contribution is 9.10. The van der Waals surface area contributed by atoms with E-state index in [1.165, 1.54) is 0 Å². The predicted octanol–water partition coefficient (Wildman–Crippen LogP) is 1.47. The number of rotatable bonds is 2. The molecule has 0 saturated carbocycles. The number of amides is 2. The fourth-order valence-corrected chi connectivity index (χ4v) is 2.36. The van der Waals surface area contributed by atoms with Crippen molar-refractivity contribution in [2.24, 2.45) is 0 Å². The second kappa shape index (κ2) is 4.87. The summed E-state index contributed by atoms with van der Waals surface area (Å²) < 4.78 is 1.01. The van der Waals surface area contributed by atoms with Gasteiger partial charge in [0.1, 0.15) is 0 Å². The third-order valence-corrected chi connectivity index (χ3v) is 3.20. The van der Waals surface area contributed by atoms with Gasteiger partial charge in [0.2, 0.25) is 11.8 Å². The zero-order valence-corrected chi connectivity index (χ0v) is 11.1. The first-order valence-corrected chi connectivity index (χ1v) is 6.25. The highest BCUT2D eigenvalue weighted by atomic mass is 79.9. The van der Waals surface area contributed by atoms with Crippen LogP contribution in [0.2, 0.25) is 0 Å². The normalized spacial score (nSPS) is 16.0. The molecule has 1 heterocycles. The first-order valence-electron chi connectivity index (χ1n) is 5.46. The van der Waals surface area contributed by atoms with Gasteiger partial charge in [-0.2, -0.15) is 0 Å². The summed E-state index contributed by atoms with van der Waals surface area (Å²) in [5, 5.41) is 2.30. The molecule has 1 aromatic carbocycles. The van der Waals surface area contributed by atoms with E-state index in [0.29, 0.717) is 0 Å². The van der Waals surface area contributed by atoms with Crippen LogP contribution in [0.15, 0.2) is 22.7 Å². The van der Waals surface area contributed by atoms with Crippen molar-refractivity contribution in [3.8, 4) is 0 Å². The van der Waals surface area contributed by atoms with Crippen molar-refractivity contribution in [3.63, 3.8) is 0 Å². The lowest BCUT2D eigenvalue weighted by Crippen LogP contribution is -2.51. The van der Waals surface area contributed by atoms with Crippen molar-refractivity contribution in [2.45, 2.75) is 13.3 Å². The van der Waals surface area contributed by atoms with E-state index in [-0.39, 0.29) is 24.9 Å². The number of hydrogen-bond acceptors (Lipinski definition) is 3. The average molecular weight is 297 g/mol. The minimum absolute atomic E-state index is 0.236. The van der Waals surface area contributed by atoms with Crippen LogP contribution in [0.1, 0.15) is 12.5 Å². The Morgan fingerprint density at radius 1 is 1.29 bits per heavy atom. The van der Waals surface area contributed by atoms with Crippen LogP contribution < -0.4 is 10.2 Å². The van der Waals surface area contributed by atoms with E-state index in [9.17, 15) is 9.59 Å². The van der Waals surface area contributed by atoms with Gasteiger partial charge in [-0.1, -0.05) is 22.9 Å². The van der Waals surface area contributed by atoms with Crippen molar-refractivity contribution in [1.82, 2.24) is 5.32 Å². The maximum Gasteiger partial charge on any atom is 0.246 e. The van der Waals surface area contributed by atoms with Gasteiger partial charge < -0.3 is 4.90 Å². The van der Waals surface area contributed by atoms with E-state index in [1.807, 2.05) is 23.1 Å². The van der Waals surface area contributed by atoms with Gasteiger partial charge in [0.15, 0.2) is 0 Å². The summed E-state index contributed by atoms with van der Waals surface area (Å²) in [5.41, 5.74) is 2.08. The van der Waals surface area contributed by atoms with Crippen LogP contribution in [0.4, 0.5) is 5.69 Å². The molecule has 0 radical (unpaired) electrons. The summed E-state index contributed by atoms with van der Waals surface area (Å²) in [7, 11) is 0. The lowest BCUT2D eigenvalue weighted by Gasteiger charge is -2.29. The highest BCUT2D eigenvalue weighted by Gasteiger charge is 2.23. The number of anilines is 1. The third-order valence-electron chi connectivity index (χ3n) is 2.71. The van der Waals surface area contributed by atoms with E-state index < -0.39 is 0 Å². The Bertz CT molecular complexity index is 458. The molecule has 17 heavy (non-hydrogen) atoms. The van der Waals surface area contributed by atoms with E-state index in [0.717, 1.165) is 22.1 Å². The summed E-state index contributed by atoms with van der Waals surface area (Å²) in [6.45, 7) is 2.53. The van der Waals surface area contributed by atoms with Crippen LogP contribution in [-0.4, -0.2) is 24.9 Å². The molecular weight excluding hydrogens is 284 g/mol. The number of nitrogens with one attached hydrogen (secondary N) is 1. The molecule has 1 aromatic rings. The van der Waals surface area contributed by atoms with Crippen molar-refractivity contribution in [2.75, 3.05) is 18.0 Å². The van der Waals surface area contributed by atoms with Crippen LogP contribution in [0, 0.1) is 0 Å². The molecule has 2 rings (SSSR count). The second-order valence-electron chi connectivity index (χ2n) is 3.95. The van der Waals surface area contributed by atoms with Crippen molar-refractivity contribution >= 4 is 33.4 Å². The number of carbonyl (C=O) groups excluding carboxylic acids is 2. The van der Waals surface area contributed by atoms with Gasteiger partial charge in [-0.15, -0.1) is 0 Å². The maximum absolute atomic E-state index is 11.3. The molecule has 0 unspecified atom stereocenters. The van der Waals surface area contributed by atoms with Gasteiger partial charge >= 0.3 is 0 Å². The Morgan fingerprint density at radius 3 is 2.53 bits per heavy atom. The minimum atomic E-state index is -0.244. The van der Waals surface area contributed by atoms with E-state index >= 15 is 0 Å². The number of benzene rings is 1. The fourth-order valence-electron chi connectivity index (χ4n) is 1.95. The predicted molar refractivity (Wildman–Crippen MR) is 68.9 cm³/mol. The molecule has 1 saturated heterocycles. The summed E-state index contributed by atoms with van der Waals surface area (Å²) in [4.78, 5) is 24.5. The SMILES string of the molecule is CCc1cc(Br)ccc1N1CC(=O)NC(=O)C1. The number of hydrogen-bond donors (Lipinski definition) is 1. The molecule has 2 amide bonds. The maximum atomic E-state index is 11.3. The molecule has 0 spiro atoms. The zero-order chi connectivity index (χ0) is 12.4. The Labute approximate surface area is 108 Å². The molecule has 1 aliphatic rings. The number of imide groups is 1. The third kappa shape index (κ3) is 2.66. The lowest BCUT2D eigenvalue weighted by atomic mass is 10.1. The molecule has 0 bridgehead atoms. The summed E-state index contributed by atoms with van der Waals surface area (Å²) in [6.07, 6.45) is 0.862. The molecule has 0 atom stereocenters. The molecule has 5 heteroatoms. The summed E-state index contributed by atoms with van der Waals surface area (Å²) in [5.74, 6) is -0.488. The van der Waals surface area contributed by atoms with E-state index in [1.54, 1.807) is 0 Å². The Hall–Kier alpha value is -1.36. The minimum Gasteiger partial charge on any atom is -0.353 e. The smallest absolute Gasteiger partial charge is 0.246 e. The topological polar surface area (TPSA) is 49.4 Å². The number of carbonyl (C=O) groups is 2. The first-order chi connectivity index (χ1) is 8.10. The first kappa shape index (κ1) is 12.1. The zero-order valence-electron chi connectivity index (χ0n) is 9.50. The van der Waals surface area contributed by atoms with Crippen molar-refractivity contribution in [1.29, 1.82) is 0 Å². The van der Waals surface area contributed by atoms with Gasteiger partial charge in [-0.25, -0.2) is 0 Å². The van der Waals surface area contributed by atoms with E-state index in [4.69, 9.17) is 0 Å². The standard InChI is InChI=1S/C12H13BrN2O2/c1-2-8-5-9(13)3-4-10(8)15-6-11(16)14-12(17)7-15/h3-5H,2,6-7H2,1H3,(H,14,16,17). The van der Waals surface area contributed by atoms with Gasteiger partial charge in [0.05, 0.1) is 13.1 Å². The molecular formula is C12H13BrN2O2. The summed E-state index contributed by atoms with van der Waals surface area (Å²) in [6, 6.07) is 5.88. The molecule has 1 fully saturated rings. The van der Waals surface area contributed by atoms with Crippen LogP contribution in [-0.2, 0) is 16.0 Å². The monoisotopic (exact) mass is 296 g/mol. The molecule has 4 nitrogen and oxygen atoms in total. The Morgan fingerprint density at radius 2 is 1.94 bits per heavy atom. The number of nitrogens with zero attached hydrogens (tertiary/aromatic N) is 1. The van der Waals surface area contributed by atoms with Gasteiger partial charge in [0, 0.05) is 10.2 Å². The average Bonchev–Trinajstić information content (AvgIpc) is 2.27. The molecule has 1 aliphatic heterocycles. The molecule has 0 aliphatic carbocycles. The molecule has 0 aromatic heterocycles. The van der Waals surface area contributed by atoms with Crippen molar-refractivity contribution < 1.29 is 9.59 Å². The van der Waals surface area contributed by atoms with Crippen molar-refractivity contribution in [3.05, 3.63) is 28.2 Å². The highest BCUT2D eigenvalue weighted by Crippen LogP contribution is 2.25. The van der Waals surface area contributed by atoms with Crippen LogP contribution in [0.3, 0.4) is 0 Å². The van der Waals surface area contributed by atoms with Crippen LogP contribution in [0.5, 0.6) is 0 Å². The largest absolute Gasteiger partial charge is 0.353 e. The number of halogens is 1. The van der Waals surface area contributed by atoms with E-state index in [2.05, 4.69) is 28.2 Å². The Kier molecular flexibility index (Phi) is 3.47. The molecule has 1 N–H and O–H groups in total. The number of aryl methyl sites for hydroxylation is 1.